The molecule has 0 bridgehead atoms. The second-order valence-electron chi connectivity index (χ2n) is 6.36. The van der Waals surface area contributed by atoms with Crippen molar-refractivity contribution in [3.05, 3.63) is 0 Å². The summed E-state index contributed by atoms with van der Waals surface area (Å²) >= 11 is 0. The first-order valence-electron chi connectivity index (χ1n) is 8.01. The van der Waals surface area contributed by atoms with Gasteiger partial charge in [0.1, 0.15) is 36.6 Å². The minimum atomic E-state index is -6.02. The summed E-state index contributed by atoms with van der Waals surface area (Å²) in [6.07, 6.45) is -18.9. The Balaban J connectivity index is 0.0000130. The van der Waals surface area contributed by atoms with Gasteiger partial charge in [0.25, 0.3) is 0 Å². The largest absolute Gasteiger partial charge is 2.00 e. The molecule has 1 aliphatic rings. The standard InChI is InChI=1S/C6H18O24P6.Cu/c7-31(8,9)25-1-2(26-32(10,11)12)4(28-34(16,17)18)6(30-36(22,23)24)5(29-35(19,20)21)3(1)27-33(13,14)15;/h1-6H,(H2,7,8,9)(H2,10,11,12)(H2,13,14,15)(H2,16,17,18)(H2,19,20,21)(H2,22,23,24);/q;+2. The number of hydrogen-bond donors (Lipinski definition) is 12. The van der Waals surface area contributed by atoms with Gasteiger partial charge >= 0.3 is 64.0 Å². The molecule has 24 nitrogen and oxygen atoms in total. The number of phosphoric ester groups is 6. The molecule has 0 unspecified atom stereocenters. The van der Waals surface area contributed by atoms with Crippen molar-refractivity contribution in [2.24, 2.45) is 0 Å². The zero-order valence-corrected chi connectivity index (χ0v) is 23.0. The smallest absolute Gasteiger partial charge is 0.303 e. The van der Waals surface area contributed by atoms with Crippen molar-refractivity contribution >= 4 is 46.9 Å². The predicted molar refractivity (Wildman–Crippen MR) is 102 cm³/mol. The van der Waals surface area contributed by atoms with Gasteiger partial charge in [0.15, 0.2) is 0 Å². The summed E-state index contributed by atoms with van der Waals surface area (Å²) in [5.74, 6) is 0. The van der Waals surface area contributed by atoms with Gasteiger partial charge in [-0.05, 0) is 0 Å². The quantitative estimate of drug-likeness (QED) is 0.0699. The van der Waals surface area contributed by atoms with Crippen LogP contribution in [0.3, 0.4) is 0 Å². The molecule has 0 amide bonds. The van der Waals surface area contributed by atoms with Gasteiger partial charge in [-0.1, -0.05) is 0 Å². The molecule has 0 aromatic heterocycles. The average Bonchev–Trinajstić information content (AvgIpc) is 2.51. The van der Waals surface area contributed by atoms with Crippen molar-refractivity contribution in [2.45, 2.75) is 36.6 Å². The Morgan fingerprint density at radius 2 is 0.378 bits per heavy atom. The van der Waals surface area contributed by atoms with Crippen LogP contribution in [-0.2, 0) is 71.6 Å². The van der Waals surface area contributed by atoms with Gasteiger partial charge < -0.3 is 58.7 Å². The molecule has 0 spiro atoms. The van der Waals surface area contributed by atoms with Crippen LogP contribution in [0, 0.1) is 0 Å². The van der Waals surface area contributed by atoms with Crippen molar-refractivity contribution in [2.75, 3.05) is 0 Å². The molecule has 1 aliphatic carbocycles. The summed E-state index contributed by atoms with van der Waals surface area (Å²) in [5.41, 5.74) is 0. The van der Waals surface area contributed by atoms with E-state index >= 15 is 0 Å². The van der Waals surface area contributed by atoms with Crippen LogP contribution in [0.2, 0.25) is 0 Å². The number of hydrogen-bond acceptors (Lipinski definition) is 12. The molecule has 0 aliphatic heterocycles. The molecule has 0 aromatic rings. The Hall–Kier alpha value is 1.18. The van der Waals surface area contributed by atoms with Gasteiger partial charge in [-0.2, -0.15) is 0 Å². The van der Waals surface area contributed by atoms with E-state index < -0.39 is 83.6 Å². The topological polar surface area (TPSA) is 401 Å². The van der Waals surface area contributed by atoms with Crippen molar-refractivity contribution in [1.29, 1.82) is 0 Å². The summed E-state index contributed by atoms with van der Waals surface area (Å²) in [6.45, 7) is 0. The van der Waals surface area contributed by atoms with E-state index in [0.717, 1.165) is 0 Å². The molecule has 1 saturated carbocycles. The van der Waals surface area contributed by atoms with Crippen LogP contribution in [0.1, 0.15) is 0 Å². The zero-order valence-electron chi connectivity index (χ0n) is 16.7. The molecule has 37 heavy (non-hydrogen) atoms. The number of rotatable bonds is 12. The van der Waals surface area contributed by atoms with E-state index in [4.69, 9.17) is 58.7 Å². The van der Waals surface area contributed by atoms with Crippen molar-refractivity contribution < 1.29 is 130 Å². The predicted octanol–water partition coefficient (Wildman–Crippen LogP) is -3.14. The Morgan fingerprint density at radius 1 is 0.297 bits per heavy atom. The fourth-order valence-corrected chi connectivity index (χ4v) is 6.14. The Bertz CT molecular complexity index is 824. The molecular weight excluding hydrogens is 705 g/mol. The first-order chi connectivity index (χ1) is 15.6. The van der Waals surface area contributed by atoms with E-state index in [-0.39, 0.29) is 17.1 Å². The molecule has 0 aromatic carbocycles. The van der Waals surface area contributed by atoms with E-state index in [9.17, 15) is 27.4 Å². The Kier molecular flexibility index (Phi) is 13.4. The van der Waals surface area contributed by atoms with Gasteiger partial charge in [-0.15, -0.1) is 0 Å². The maximum atomic E-state index is 11.4. The molecule has 0 heterocycles. The fraction of sp³-hybridized carbons (Fsp3) is 1.00. The van der Waals surface area contributed by atoms with Crippen molar-refractivity contribution in [3.8, 4) is 0 Å². The van der Waals surface area contributed by atoms with Gasteiger partial charge in [0.05, 0.1) is 0 Å². The van der Waals surface area contributed by atoms with E-state index in [1.807, 2.05) is 0 Å². The van der Waals surface area contributed by atoms with E-state index in [2.05, 4.69) is 27.1 Å². The second-order valence-corrected chi connectivity index (χ2v) is 13.5. The third-order valence-corrected chi connectivity index (χ3v) is 6.61. The zero-order chi connectivity index (χ0) is 28.7. The third kappa shape index (κ3) is 15.1. The van der Waals surface area contributed by atoms with Crippen LogP contribution >= 0.6 is 46.9 Å². The molecular formula is C6H18CuO24P6+2. The Labute approximate surface area is 214 Å². The number of phosphoric acid groups is 6. The normalized spacial score (nSPS) is 28.5. The maximum absolute atomic E-state index is 11.4. The molecule has 0 saturated heterocycles. The average molecular weight is 724 g/mol. The summed E-state index contributed by atoms with van der Waals surface area (Å²) < 4.78 is 93.1. The molecule has 1 radical (unpaired) electrons. The molecule has 1 fully saturated rings. The van der Waals surface area contributed by atoms with Crippen LogP contribution in [0.25, 0.3) is 0 Å². The van der Waals surface area contributed by atoms with Crippen molar-refractivity contribution in [1.82, 2.24) is 0 Å². The summed E-state index contributed by atoms with van der Waals surface area (Å²) in [6, 6.07) is 0. The molecule has 12 N–H and O–H groups in total. The van der Waals surface area contributed by atoms with E-state index in [1.165, 1.54) is 0 Å². The minimum Gasteiger partial charge on any atom is -0.303 e. The first-order valence-corrected chi connectivity index (χ1v) is 17.2. The fourth-order valence-electron chi connectivity index (χ4n) is 2.79. The molecule has 31 heteroatoms. The second kappa shape index (κ2) is 13.0. The molecule has 0 atom stereocenters. The third-order valence-electron chi connectivity index (χ3n) is 3.50. The van der Waals surface area contributed by atoms with Crippen molar-refractivity contribution in [3.63, 3.8) is 0 Å². The van der Waals surface area contributed by atoms with Crippen LogP contribution in [0.4, 0.5) is 0 Å². The summed E-state index contributed by atoms with van der Waals surface area (Å²) in [7, 11) is -36.1. The van der Waals surface area contributed by atoms with E-state index in [1.54, 1.807) is 0 Å². The monoisotopic (exact) mass is 723 g/mol. The van der Waals surface area contributed by atoms with Crippen LogP contribution in [0.15, 0.2) is 0 Å². The maximum Gasteiger partial charge on any atom is 2.00 e. The minimum absolute atomic E-state index is 0. The van der Waals surface area contributed by atoms with Gasteiger partial charge in [0.2, 0.25) is 0 Å². The summed E-state index contributed by atoms with van der Waals surface area (Å²) in [5, 5.41) is 0. The van der Waals surface area contributed by atoms with Crippen LogP contribution < -0.4 is 0 Å². The van der Waals surface area contributed by atoms with Gasteiger partial charge in [-0.25, -0.2) is 27.4 Å². The van der Waals surface area contributed by atoms with Crippen LogP contribution in [0.5, 0.6) is 0 Å². The molecule has 1 rings (SSSR count). The van der Waals surface area contributed by atoms with Gasteiger partial charge in [-0.3, -0.25) is 27.1 Å². The first kappa shape index (κ1) is 38.2. The summed E-state index contributed by atoms with van der Waals surface area (Å²) in [4.78, 5) is 110. The van der Waals surface area contributed by atoms with E-state index in [0.29, 0.717) is 0 Å². The van der Waals surface area contributed by atoms with Crippen LogP contribution in [-0.4, -0.2) is 95.3 Å². The molecule has 225 valence electrons. The Morgan fingerprint density at radius 3 is 0.432 bits per heavy atom. The van der Waals surface area contributed by atoms with Gasteiger partial charge in [0, 0.05) is 0 Å². The SMILES string of the molecule is O=P(O)(O)OC1C(OP(=O)(O)O)C(OP(=O)(O)O)C(OP(=O)(O)O)C(OP(=O)(O)O)C1OP(=O)(O)O.[Cu+2].